The first-order valence-corrected chi connectivity index (χ1v) is 10.8. The molecule has 0 spiro atoms. The fraction of sp³-hybridized carbons (Fsp3) is 0.667. The third kappa shape index (κ3) is 4.13. The maximum Gasteiger partial charge on any atom is 0.244 e. The van der Waals surface area contributed by atoms with Gasteiger partial charge in [-0.2, -0.15) is 4.31 Å². The van der Waals surface area contributed by atoms with Crippen molar-refractivity contribution in [2.75, 3.05) is 32.7 Å². The second-order valence-corrected chi connectivity index (χ2v) is 9.57. The van der Waals surface area contributed by atoms with Gasteiger partial charge < -0.3 is 4.90 Å². The maximum absolute atomic E-state index is 12.8. The van der Waals surface area contributed by atoms with E-state index in [0.29, 0.717) is 24.0 Å². The zero-order chi connectivity index (χ0) is 17.2. The Morgan fingerprint density at radius 3 is 2.29 bits per heavy atom. The summed E-state index contributed by atoms with van der Waals surface area (Å²) in [6.07, 6.45) is 4.46. The number of hydrogen-bond donors (Lipinski definition) is 0. The Kier molecular flexibility index (Phi) is 5.85. The minimum absolute atomic E-state index is 0.232. The molecule has 0 aromatic heterocycles. The molecule has 134 valence electrons. The first kappa shape index (κ1) is 18.2. The SMILES string of the molecule is CC1CCN(CC2CCN(S(=O)(=O)c3ccccc3Cl)CC2)CC1. The van der Waals surface area contributed by atoms with E-state index in [-0.39, 0.29) is 4.90 Å². The lowest BCUT2D eigenvalue weighted by Gasteiger charge is -2.36. The molecule has 0 unspecified atom stereocenters. The Balaban J connectivity index is 1.56. The maximum atomic E-state index is 12.8. The van der Waals surface area contributed by atoms with E-state index in [9.17, 15) is 8.42 Å². The Bertz CT molecular complexity index is 649. The summed E-state index contributed by atoms with van der Waals surface area (Å²) in [5, 5.41) is 0.307. The van der Waals surface area contributed by atoms with E-state index in [2.05, 4.69) is 11.8 Å². The zero-order valence-electron chi connectivity index (χ0n) is 14.3. The molecule has 0 amide bonds. The molecule has 0 aliphatic carbocycles. The minimum Gasteiger partial charge on any atom is -0.303 e. The summed E-state index contributed by atoms with van der Waals surface area (Å²) in [5.74, 6) is 1.46. The fourth-order valence-corrected chi connectivity index (χ4v) is 5.70. The molecule has 0 saturated carbocycles. The van der Waals surface area contributed by atoms with Crippen LogP contribution in [0.15, 0.2) is 29.2 Å². The first-order valence-electron chi connectivity index (χ1n) is 8.94. The van der Waals surface area contributed by atoms with Crippen molar-refractivity contribution in [1.82, 2.24) is 9.21 Å². The Morgan fingerprint density at radius 1 is 1.04 bits per heavy atom. The molecule has 2 aliphatic rings. The number of sulfonamides is 1. The molecule has 0 radical (unpaired) electrons. The van der Waals surface area contributed by atoms with Gasteiger partial charge >= 0.3 is 0 Å². The van der Waals surface area contributed by atoms with Gasteiger partial charge in [-0.05, 0) is 62.7 Å². The Morgan fingerprint density at radius 2 is 1.67 bits per heavy atom. The van der Waals surface area contributed by atoms with E-state index in [1.807, 2.05) is 0 Å². The molecule has 2 aliphatic heterocycles. The number of benzene rings is 1. The fourth-order valence-electron chi connectivity index (χ4n) is 3.74. The largest absolute Gasteiger partial charge is 0.303 e. The average molecular weight is 371 g/mol. The van der Waals surface area contributed by atoms with E-state index in [4.69, 9.17) is 11.6 Å². The molecule has 2 heterocycles. The highest BCUT2D eigenvalue weighted by Gasteiger charge is 2.31. The van der Waals surface area contributed by atoms with Crippen LogP contribution >= 0.6 is 11.6 Å². The van der Waals surface area contributed by atoms with Crippen LogP contribution in [0.1, 0.15) is 32.6 Å². The first-order chi connectivity index (χ1) is 11.5. The van der Waals surface area contributed by atoms with E-state index >= 15 is 0 Å². The molecule has 4 nitrogen and oxygen atoms in total. The quantitative estimate of drug-likeness (QED) is 0.814. The number of rotatable bonds is 4. The lowest BCUT2D eigenvalue weighted by atomic mass is 9.94. The number of piperidine rings is 2. The molecule has 1 aromatic carbocycles. The summed E-state index contributed by atoms with van der Waals surface area (Å²) >= 11 is 6.08. The third-order valence-corrected chi connectivity index (χ3v) is 7.82. The zero-order valence-corrected chi connectivity index (χ0v) is 15.9. The van der Waals surface area contributed by atoms with Gasteiger partial charge in [-0.15, -0.1) is 0 Å². The molecular formula is C18H27ClN2O2S. The van der Waals surface area contributed by atoms with Gasteiger partial charge in [-0.3, -0.25) is 0 Å². The normalized spacial score (nSPS) is 22.8. The molecule has 24 heavy (non-hydrogen) atoms. The van der Waals surface area contributed by atoms with Crippen molar-refractivity contribution in [3.8, 4) is 0 Å². The van der Waals surface area contributed by atoms with Crippen LogP contribution in [0.2, 0.25) is 5.02 Å². The Hall–Kier alpha value is -0.620. The number of halogens is 1. The van der Waals surface area contributed by atoms with Crippen LogP contribution in [0.3, 0.4) is 0 Å². The average Bonchev–Trinajstić information content (AvgIpc) is 2.58. The lowest BCUT2D eigenvalue weighted by molar-refractivity contribution is 0.142. The van der Waals surface area contributed by atoms with Gasteiger partial charge in [0.25, 0.3) is 0 Å². The van der Waals surface area contributed by atoms with Crippen molar-refractivity contribution in [3.63, 3.8) is 0 Å². The summed E-state index contributed by atoms with van der Waals surface area (Å²) in [6.45, 7) is 7.03. The van der Waals surface area contributed by atoms with E-state index in [1.165, 1.54) is 25.9 Å². The number of nitrogens with zero attached hydrogens (tertiary/aromatic N) is 2. The predicted octanol–water partition coefficient (Wildman–Crippen LogP) is 3.47. The van der Waals surface area contributed by atoms with Crippen molar-refractivity contribution in [2.45, 2.75) is 37.5 Å². The van der Waals surface area contributed by atoms with Crippen LogP contribution in [0.4, 0.5) is 0 Å². The molecule has 2 saturated heterocycles. The van der Waals surface area contributed by atoms with Gasteiger partial charge in [0.05, 0.1) is 5.02 Å². The molecular weight excluding hydrogens is 344 g/mol. The lowest BCUT2D eigenvalue weighted by Crippen LogP contribution is -2.43. The van der Waals surface area contributed by atoms with Gasteiger partial charge in [0, 0.05) is 19.6 Å². The third-order valence-electron chi connectivity index (χ3n) is 5.42. The van der Waals surface area contributed by atoms with Crippen molar-refractivity contribution in [1.29, 1.82) is 0 Å². The number of hydrogen-bond acceptors (Lipinski definition) is 3. The second-order valence-electron chi connectivity index (χ2n) is 7.26. The van der Waals surface area contributed by atoms with Crippen LogP contribution in [0.5, 0.6) is 0 Å². The number of likely N-dealkylation sites (tertiary alicyclic amines) is 1. The molecule has 0 N–H and O–H groups in total. The summed E-state index contributed by atoms with van der Waals surface area (Å²) in [5.41, 5.74) is 0. The molecule has 3 rings (SSSR count). The molecule has 6 heteroatoms. The van der Waals surface area contributed by atoms with Crippen LogP contribution < -0.4 is 0 Å². The van der Waals surface area contributed by atoms with E-state index in [0.717, 1.165) is 25.3 Å². The van der Waals surface area contributed by atoms with Crippen molar-refractivity contribution < 1.29 is 8.42 Å². The minimum atomic E-state index is -3.47. The molecule has 0 atom stereocenters. The van der Waals surface area contributed by atoms with Gasteiger partial charge in [0.1, 0.15) is 4.90 Å². The van der Waals surface area contributed by atoms with Gasteiger partial charge in [-0.25, -0.2) is 8.42 Å². The second kappa shape index (κ2) is 7.73. The Labute approximate surface area is 150 Å². The predicted molar refractivity (Wildman–Crippen MR) is 97.8 cm³/mol. The van der Waals surface area contributed by atoms with Crippen LogP contribution in [0.25, 0.3) is 0 Å². The summed E-state index contributed by atoms with van der Waals surface area (Å²) in [6, 6.07) is 6.72. The summed E-state index contributed by atoms with van der Waals surface area (Å²) < 4.78 is 27.1. The van der Waals surface area contributed by atoms with Crippen LogP contribution in [-0.4, -0.2) is 50.3 Å². The van der Waals surface area contributed by atoms with Crippen molar-refractivity contribution >= 4 is 21.6 Å². The van der Waals surface area contributed by atoms with Gasteiger partial charge in [0.2, 0.25) is 10.0 Å². The van der Waals surface area contributed by atoms with Gasteiger partial charge in [-0.1, -0.05) is 30.7 Å². The molecule has 1 aromatic rings. The van der Waals surface area contributed by atoms with Crippen molar-refractivity contribution in [2.24, 2.45) is 11.8 Å². The molecule has 0 bridgehead atoms. The topological polar surface area (TPSA) is 40.6 Å². The standard InChI is InChI=1S/C18H27ClN2O2S/c1-15-6-10-20(11-7-15)14-16-8-12-21(13-9-16)24(22,23)18-5-3-2-4-17(18)19/h2-5,15-16H,6-14H2,1H3. The summed E-state index contributed by atoms with van der Waals surface area (Å²) in [7, 11) is -3.47. The van der Waals surface area contributed by atoms with E-state index < -0.39 is 10.0 Å². The monoisotopic (exact) mass is 370 g/mol. The van der Waals surface area contributed by atoms with Crippen LogP contribution in [0, 0.1) is 11.8 Å². The van der Waals surface area contributed by atoms with Crippen molar-refractivity contribution in [3.05, 3.63) is 29.3 Å². The highest BCUT2D eigenvalue weighted by atomic mass is 35.5. The summed E-state index contributed by atoms with van der Waals surface area (Å²) in [4.78, 5) is 2.79. The highest BCUT2D eigenvalue weighted by Crippen LogP contribution is 2.29. The smallest absolute Gasteiger partial charge is 0.244 e. The van der Waals surface area contributed by atoms with E-state index in [1.54, 1.807) is 28.6 Å². The molecule has 2 fully saturated rings. The van der Waals surface area contributed by atoms with Crippen LogP contribution in [-0.2, 0) is 10.0 Å². The van der Waals surface area contributed by atoms with Gasteiger partial charge in [0.15, 0.2) is 0 Å². The highest BCUT2D eigenvalue weighted by molar-refractivity contribution is 7.89.